The van der Waals surface area contributed by atoms with E-state index in [1.807, 2.05) is 6.21 Å². The fraction of sp³-hybridized carbons (Fsp3) is 0.0192. The smallest absolute Gasteiger partial charge is 0.145 e. The SMILES string of the molecule is C(=NC(Nc1ccc(-c2ccccc2)cc1)c1cccc2ccc3ccccc3c12)c1ccc(-c2c3ccccc3cc3c2ccc2ccccc23)cc1. The largest absolute Gasteiger partial charge is 0.360 e. The number of aliphatic imine (C=N–C) groups is 1. The lowest BCUT2D eigenvalue weighted by atomic mass is 9.89. The first-order valence-electron chi connectivity index (χ1n) is 18.6. The molecule has 10 aromatic carbocycles. The quantitative estimate of drug-likeness (QED) is 0.101. The molecule has 0 spiro atoms. The van der Waals surface area contributed by atoms with Gasteiger partial charge in [-0.3, -0.25) is 4.99 Å². The molecule has 0 aliphatic rings. The summed E-state index contributed by atoms with van der Waals surface area (Å²) in [6.45, 7) is 0. The molecule has 0 radical (unpaired) electrons. The molecule has 0 saturated heterocycles. The van der Waals surface area contributed by atoms with E-state index < -0.39 is 0 Å². The van der Waals surface area contributed by atoms with Gasteiger partial charge in [0.15, 0.2) is 0 Å². The van der Waals surface area contributed by atoms with Crippen LogP contribution >= 0.6 is 0 Å². The van der Waals surface area contributed by atoms with Crippen molar-refractivity contribution in [3.05, 3.63) is 211 Å². The maximum Gasteiger partial charge on any atom is 0.145 e. The normalized spacial score (nSPS) is 12.3. The minimum absolute atomic E-state index is 0.322. The second-order valence-electron chi connectivity index (χ2n) is 14.0. The topological polar surface area (TPSA) is 24.4 Å². The molecule has 254 valence electrons. The van der Waals surface area contributed by atoms with Gasteiger partial charge in [-0.15, -0.1) is 0 Å². The first-order chi connectivity index (χ1) is 26.8. The van der Waals surface area contributed by atoms with Gasteiger partial charge in [-0.25, -0.2) is 0 Å². The fourth-order valence-electron chi connectivity index (χ4n) is 8.09. The molecule has 0 aliphatic heterocycles. The van der Waals surface area contributed by atoms with Gasteiger partial charge < -0.3 is 5.32 Å². The monoisotopic (exact) mass is 688 g/mol. The van der Waals surface area contributed by atoms with Gasteiger partial charge >= 0.3 is 0 Å². The second kappa shape index (κ2) is 13.5. The van der Waals surface area contributed by atoms with Gasteiger partial charge in [-0.2, -0.15) is 0 Å². The van der Waals surface area contributed by atoms with Crippen LogP contribution in [0.1, 0.15) is 17.3 Å². The highest BCUT2D eigenvalue weighted by Gasteiger charge is 2.16. The van der Waals surface area contributed by atoms with Crippen LogP contribution in [0.5, 0.6) is 0 Å². The molecular formula is C52H36N2. The molecule has 2 heteroatoms. The molecule has 54 heavy (non-hydrogen) atoms. The third-order valence-corrected chi connectivity index (χ3v) is 10.7. The minimum Gasteiger partial charge on any atom is -0.360 e. The van der Waals surface area contributed by atoms with E-state index in [4.69, 9.17) is 4.99 Å². The summed E-state index contributed by atoms with van der Waals surface area (Å²) in [4.78, 5) is 5.30. The van der Waals surface area contributed by atoms with E-state index >= 15 is 0 Å². The first-order valence-corrected chi connectivity index (χ1v) is 18.6. The lowest BCUT2D eigenvalue weighted by Crippen LogP contribution is -2.10. The van der Waals surface area contributed by atoms with Crippen molar-refractivity contribution in [1.29, 1.82) is 0 Å². The maximum atomic E-state index is 5.30. The minimum atomic E-state index is -0.322. The van der Waals surface area contributed by atoms with E-state index in [-0.39, 0.29) is 6.17 Å². The Balaban J connectivity index is 1.05. The van der Waals surface area contributed by atoms with E-state index in [1.165, 1.54) is 76.1 Å². The number of anilines is 1. The Morgan fingerprint density at radius 1 is 0.389 bits per heavy atom. The van der Waals surface area contributed by atoms with Crippen LogP contribution in [0.3, 0.4) is 0 Å². The molecular weight excluding hydrogens is 653 g/mol. The highest BCUT2D eigenvalue weighted by atomic mass is 15.1. The van der Waals surface area contributed by atoms with Crippen LogP contribution in [0, 0.1) is 0 Å². The Morgan fingerprint density at radius 2 is 0.981 bits per heavy atom. The van der Waals surface area contributed by atoms with Crippen molar-refractivity contribution in [2.75, 3.05) is 5.32 Å². The third kappa shape index (κ3) is 5.75. The summed E-state index contributed by atoms with van der Waals surface area (Å²) >= 11 is 0. The molecule has 10 aromatic rings. The number of benzene rings is 10. The molecule has 2 nitrogen and oxygen atoms in total. The number of nitrogens with one attached hydrogen (secondary N) is 1. The Kier molecular flexibility index (Phi) is 7.92. The molecule has 0 aliphatic carbocycles. The predicted molar refractivity (Wildman–Crippen MR) is 232 cm³/mol. The van der Waals surface area contributed by atoms with Crippen LogP contribution in [0.4, 0.5) is 5.69 Å². The summed E-state index contributed by atoms with van der Waals surface area (Å²) in [7, 11) is 0. The number of nitrogens with zero attached hydrogens (tertiary/aromatic N) is 1. The summed E-state index contributed by atoms with van der Waals surface area (Å²) < 4.78 is 0. The van der Waals surface area contributed by atoms with Crippen LogP contribution in [0.15, 0.2) is 205 Å². The summed E-state index contributed by atoms with van der Waals surface area (Å²) in [5, 5.41) is 16.2. The molecule has 0 fully saturated rings. The first kappa shape index (κ1) is 31.7. The van der Waals surface area contributed by atoms with Crippen molar-refractivity contribution >= 4 is 65.8 Å². The highest BCUT2D eigenvalue weighted by Crippen LogP contribution is 2.40. The molecule has 0 heterocycles. The summed E-state index contributed by atoms with van der Waals surface area (Å²) in [5.41, 5.74) is 8.04. The average molecular weight is 689 g/mol. The van der Waals surface area contributed by atoms with Crippen LogP contribution in [0.25, 0.3) is 76.1 Å². The van der Waals surface area contributed by atoms with Crippen molar-refractivity contribution in [1.82, 2.24) is 0 Å². The average Bonchev–Trinajstić information content (AvgIpc) is 3.25. The van der Waals surface area contributed by atoms with Crippen LogP contribution in [0.2, 0.25) is 0 Å². The molecule has 1 atom stereocenters. The third-order valence-electron chi connectivity index (χ3n) is 10.7. The lowest BCUT2D eigenvalue weighted by Gasteiger charge is -2.20. The molecule has 0 saturated carbocycles. The van der Waals surface area contributed by atoms with Crippen molar-refractivity contribution < 1.29 is 0 Å². The molecule has 0 bridgehead atoms. The molecule has 0 amide bonds. The number of hydrogen-bond acceptors (Lipinski definition) is 2. The summed E-state index contributed by atoms with van der Waals surface area (Å²) in [6.07, 6.45) is 1.69. The van der Waals surface area contributed by atoms with Gasteiger partial charge in [0.2, 0.25) is 0 Å². The summed E-state index contributed by atoms with van der Waals surface area (Å²) in [5.74, 6) is 0. The van der Waals surface area contributed by atoms with Gasteiger partial charge in [0.1, 0.15) is 6.17 Å². The van der Waals surface area contributed by atoms with E-state index in [0.717, 1.165) is 16.8 Å². The van der Waals surface area contributed by atoms with Crippen molar-refractivity contribution in [2.24, 2.45) is 4.99 Å². The van der Waals surface area contributed by atoms with E-state index in [0.29, 0.717) is 0 Å². The predicted octanol–water partition coefficient (Wildman–Crippen LogP) is 14.0. The van der Waals surface area contributed by atoms with Crippen LogP contribution in [-0.4, -0.2) is 6.21 Å². The van der Waals surface area contributed by atoms with Gasteiger partial charge in [0.25, 0.3) is 0 Å². The fourth-order valence-corrected chi connectivity index (χ4v) is 8.09. The van der Waals surface area contributed by atoms with Crippen molar-refractivity contribution in [3.8, 4) is 22.3 Å². The van der Waals surface area contributed by atoms with E-state index in [1.54, 1.807) is 0 Å². The molecule has 0 aromatic heterocycles. The zero-order valence-electron chi connectivity index (χ0n) is 29.7. The molecule has 10 rings (SSSR count). The zero-order valence-corrected chi connectivity index (χ0v) is 29.7. The molecule has 1 unspecified atom stereocenters. The van der Waals surface area contributed by atoms with Gasteiger partial charge in [-0.05, 0) is 99.9 Å². The van der Waals surface area contributed by atoms with Crippen LogP contribution in [-0.2, 0) is 0 Å². The standard InChI is InChI=1S/C52H36N2/c1-2-11-36(12-3-1)37-27-30-43(31-28-37)54-52(48-20-10-16-40-26-25-39-14-5-8-18-45(39)51(40)48)53-34-35-21-23-41(24-22-35)50-46-19-9-6-15-42(46)33-49-44-17-7-4-13-38(44)29-32-47(49)50/h1-34,52,54H. The summed E-state index contributed by atoms with van der Waals surface area (Å²) in [6, 6.07) is 71.9. The maximum absolute atomic E-state index is 5.30. The Morgan fingerprint density at radius 3 is 1.78 bits per heavy atom. The van der Waals surface area contributed by atoms with Gasteiger partial charge in [0, 0.05) is 17.5 Å². The van der Waals surface area contributed by atoms with Crippen molar-refractivity contribution in [3.63, 3.8) is 0 Å². The number of hydrogen-bond donors (Lipinski definition) is 1. The Labute approximate surface area is 314 Å². The number of rotatable bonds is 7. The zero-order chi connectivity index (χ0) is 35.8. The van der Waals surface area contributed by atoms with Crippen LogP contribution < -0.4 is 5.32 Å². The van der Waals surface area contributed by atoms with E-state index in [2.05, 4.69) is 206 Å². The molecule has 1 N–H and O–H groups in total. The second-order valence-corrected chi connectivity index (χ2v) is 14.0. The lowest BCUT2D eigenvalue weighted by molar-refractivity contribution is 0.852. The Hall–Kier alpha value is -7.03. The Bertz CT molecular complexity index is 3000. The number of fused-ring (bicyclic) bond motifs is 7. The highest BCUT2D eigenvalue weighted by molar-refractivity contribution is 6.20. The van der Waals surface area contributed by atoms with Gasteiger partial charge in [-0.1, -0.05) is 182 Å². The van der Waals surface area contributed by atoms with Gasteiger partial charge in [0.05, 0.1) is 0 Å². The van der Waals surface area contributed by atoms with E-state index in [9.17, 15) is 0 Å². The van der Waals surface area contributed by atoms with Crippen molar-refractivity contribution in [2.45, 2.75) is 6.17 Å².